The standard InChI is InChI=1S/C57H77N3O11/c1-35(2)17-12-19-37(5)21-14-24-56(7)48(62)31-41-46(61)29-39-43(50(41)70-56)33-59(52(39)64)28-16-23-45(54(66)67)60-34-44-40(53(60)65)30-47(69-55(68)58-26-10-9-11-27-58)42-32-49(63)57(8,71-51(42)44)25-15-22-38(6)20-13-18-36(3)4/h17-18,21-22,29-30,45,48-49,61-63H,9-16,19-20,23-28,31-34H2,1-8H3,(H,66,67)/b37-21+,38-22+/t45-,48-,49-,56+,57+/m0/s1. The molecule has 0 radical (unpaired) electrons. The number of aliphatic hydroxyl groups is 2. The smallest absolute Gasteiger partial charge is 0.415 e. The van der Waals surface area contributed by atoms with Gasteiger partial charge < -0.3 is 49.3 Å². The highest BCUT2D eigenvalue weighted by Gasteiger charge is 2.47. The Labute approximate surface area is 420 Å². The van der Waals surface area contributed by atoms with E-state index in [0.717, 1.165) is 44.9 Å². The van der Waals surface area contributed by atoms with Gasteiger partial charge in [0.05, 0.1) is 36.4 Å². The normalized spacial score (nSPS) is 23.3. The van der Waals surface area contributed by atoms with Gasteiger partial charge in [-0.15, -0.1) is 0 Å². The number of carboxylic acids is 1. The van der Waals surface area contributed by atoms with Gasteiger partial charge in [0.1, 0.15) is 40.2 Å². The molecule has 0 saturated carbocycles. The molecule has 7 rings (SSSR count). The van der Waals surface area contributed by atoms with E-state index < -0.39 is 47.4 Å². The maximum Gasteiger partial charge on any atom is 0.415 e. The zero-order chi connectivity index (χ0) is 51.4. The number of benzene rings is 2. The van der Waals surface area contributed by atoms with Crippen molar-refractivity contribution in [2.24, 2.45) is 0 Å². The third kappa shape index (κ3) is 12.0. The molecular formula is C57H77N3O11. The Morgan fingerprint density at radius 2 is 1.27 bits per heavy atom. The number of phenolic OH excluding ortho intramolecular Hbond substituents is 1. The first kappa shape index (κ1) is 53.2. The Morgan fingerprint density at radius 3 is 1.83 bits per heavy atom. The van der Waals surface area contributed by atoms with E-state index in [0.29, 0.717) is 78.1 Å². The Hall–Kier alpha value is -5.60. The second kappa shape index (κ2) is 22.4. The number of amides is 3. The monoisotopic (exact) mass is 980 g/mol. The van der Waals surface area contributed by atoms with Crippen molar-refractivity contribution in [2.45, 2.75) is 194 Å². The Kier molecular flexibility index (Phi) is 16.8. The molecule has 14 nitrogen and oxygen atoms in total. The van der Waals surface area contributed by atoms with E-state index in [9.17, 15) is 39.6 Å². The molecule has 1 saturated heterocycles. The molecule has 0 bridgehead atoms. The highest BCUT2D eigenvalue weighted by Crippen LogP contribution is 2.49. The highest BCUT2D eigenvalue weighted by atomic mass is 16.6. The van der Waals surface area contributed by atoms with E-state index in [1.165, 1.54) is 39.3 Å². The van der Waals surface area contributed by atoms with Crippen molar-refractivity contribution in [3.8, 4) is 23.0 Å². The number of rotatable bonds is 19. The number of hydrogen-bond donors (Lipinski definition) is 4. The molecule has 0 unspecified atom stereocenters. The number of nitrogens with zero attached hydrogens (tertiary/aromatic N) is 3. The van der Waals surface area contributed by atoms with Gasteiger partial charge in [-0.3, -0.25) is 9.59 Å². The lowest BCUT2D eigenvalue weighted by Gasteiger charge is -2.41. The quantitative estimate of drug-likeness (QED) is 0.0982. The minimum Gasteiger partial charge on any atom is -0.508 e. The van der Waals surface area contributed by atoms with Crippen LogP contribution in [-0.4, -0.2) is 108 Å². The van der Waals surface area contributed by atoms with Gasteiger partial charge in [-0.1, -0.05) is 46.6 Å². The van der Waals surface area contributed by atoms with Gasteiger partial charge in [-0.05, 0) is 151 Å². The van der Waals surface area contributed by atoms with Gasteiger partial charge in [0, 0.05) is 54.7 Å². The Balaban J connectivity index is 1.06. The summed E-state index contributed by atoms with van der Waals surface area (Å²) in [5, 5.41) is 44.8. The van der Waals surface area contributed by atoms with Crippen molar-refractivity contribution in [2.75, 3.05) is 19.6 Å². The molecule has 3 amide bonds. The molecule has 71 heavy (non-hydrogen) atoms. The highest BCUT2D eigenvalue weighted by molar-refractivity contribution is 6.02. The van der Waals surface area contributed by atoms with Crippen LogP contribution in [-0.2, 0) is 30.7 Å². The molecule has 5 aliphatic rings. The molecule has 14 heteroatoms. The van der Waals surface area contributed by atoms with Crippen molar-refractivity contribution < 1.29 is 53.8 Å². The van der Waals surface area contributed by atoms with E-state index in [2.05, 4.69) is 65.8 Å². The minimum atomic E-state index is -1.27. The van der Waals surface area contributed by atoms with Crippen molar-refractivity contribution >= 4 is 23.9 Å². The van der Waals surface area contributed by atoms with Gasteiger partial charge in [-0.25, -0.2) is 9.59 Å². The Bertz CT molecular complexity index is 2490. The van der Waals surface area contributed by atoms with Crippen LogP contribution in [0.3, 0.4) is 0 Å². The van der Waals surface area contributed by atoms with Crippen molar-refractivity contribution in [3.05, 3.63) is 92.1 Å². The predicted molar refractivity (Wildman–Crippen MR) is 272 cm³/mol. The summed E-state index contributed by atoms with van der Waals surface area (Å²) in [5.41, 5.74) is 5.54. The molecule has 0 aromatic heterocycles. The summed E-state index contributed by atoms with van der Waals surface area (Å²) in [6.45, 7) is 17.6. The summed E-state index contributed by atoms with van der Waals surface area (Å²) < 4.78 is 19.4. The van der Waals surface area contributed by atoms with Crippen LogP contribution in [0.4, 0.5) is 4.79 Å². The molecule has 5 atom stereocenters. The SMILES string of the molecule is CC(C)=CCC/C(C)=C/CC[C@@]1(C)Oc2c(c(O)cc3c2CN(CCC[C@@H](C(=O)O)N2Cc4c(cc(OC(=O)N5CCCCC5)c5c4O[C@](C)(CC/C=C(\C)CCC=C(C)C)[C@@H](O)C5)C2=O)C3=O)C[C@@H]1O. The van der Waals surface area contributed by atoms with Gasteiger partial charge in [0.15, 0.2) is 0 Å². The fourth-order valence-electron chi connectivity index (χ4n) is 10.7. The first-order valence-electron chi connectivity index (χ1n) is 25.9. The predicted octanol–water partition coefficient (Wildman–Crippen LogP) is 10.3. The summed E-state index contributed by atoms with van der Waals surface area (Å²) in [5.74, 6) is -1.33. The number of fused-ring (bicyclic) bond motifs is 6. The number of hydrogen-bond acceptors (Lipinski definition) is 10. The molecule has 1 fully saturated rings. The third-order valence-electron chi connectivity index (χ3n) is 15.3. The van der Waals surface area contributed by atoms with E-state index in [-0.39, 0.29) is 68.3 Å². The number of phenols is 1. The first-order chi connectivity index (χ1) is 33.7. The van der Waals surface area contributed by atoms with Gasteiger partial charge in [0.2, 0.25) is 0 Å². The van der Waals surface area contributed by atoms with E-state index in [1.54, 1.807) is 9.80 Å². The van der Waals surface area contributed by atoms with Crippen LogP contribution < -0.4 is 14.2 Å². The number of aliphatic carboxylic acids is 1. The van der Waals surface area contributed by atoms with Gasteiger partial charge in [-0.2, -0.15) is 0 Å². The van der Waals surface area contributed by atoms with E-state index >= 15 is 0 Å². The average Bonchev–Trinajstić information content (AvgIpc) is 3.80. The summed E-state index contributed by atoms with van der Waals surface area (Å²) in [7, 11) is 0. The fraction of sp³-hybridized carbons (Fsp3) is 0.579. The number of allylic oxidation sites excluding steroid dienone is 8. The summed E-state index contributed by atoms with van der Waals surface area (Å²) in [4.78, 5) is 59.6. The zero-order valence-electron chi connectivity index (χ0n) is 43.3. The Morgan fingerprint density at radius 1 is 0.732 bits per heavy atom. The molecule has 0 spiro atoms. The molecule has 386 valence electrons. The molecule has 2 aromatic rings. The van der Waals surface area contributed by atoms with Crippen LogP contribution in [0.15, 0.2) is 58.7 Å². The van der Waals surface area contributed by atoms with Gasteiger partial charge >= 0.3 is 12.1 Å². The van der Waals surface area contributed by atoms with Crippen LogP contribution in [0.5, 0.6) is 23.0 Å². The third-order valence-corrected chi connectivity index (χ3v) is 15.3. The zero-order valence-corrected chi connectivity index (χ0v) is 43.3. The molecule has 0 aliphatic carbocycles. The molecule has 2 aromatic carbocycles. The number of carbonyl (C=O) groups excluding carboxylic acids is 3. The lowest BCUT2D eigenvalue weighted by atomic mass is 9.84. The summed E-state index contributed by atoms with van der Waals surface area (Å²) >= 11 is 0. The molecule has 4 N–H and O–H groups in total. The lowest BCUT2D eigenvalue weighted by molar-refractivity contribution is -0.142. The number of ether oxygens (including phenoxy) is 3. The van der Waals surface area contributed by atoms with Crippen LogP contribution in [0.2, 0.25) is 0 Å². The van der Waals surface area contributed by atoms with E-state index in [1.807, 2.05) is 13.8 Å². The van der Waals surface area contributed by atoms with Crippen LogP contribution in [0.1, 0.15) is 182 Å². The average molecular weight is 980 g/mol. The van der Waals surface area contributed by atoms with E-state index in [4.69, 9.17) is 14.2 Å². The van der Waals surface area contributed by atoms with Crippen LogP contribution in [0, 0.1) is 0 Å². The minimum absolute atomic E-state index is 0.0240. The number of aromatic hydroxyl groups is 1. The number of carboxylic acid groups (broad SMARTS) is 1. The second-order valence-electron chi connectivity index (χ2n) is 21.6. The van der Waals surface area contributed by atoms with Crippen LogP contribution >= 0.6 is 0 Å². The number of piperidine rings is 1. The number of carbonyl (C=O) groups is 4. The van der Waals surface area contributed by atoms with Gasteiger partial charge in [0.25, 0.3) is 11.8 Å². The summed E-state index contributed by atoms with van der Waals surface area (Å²) in [6.07, 6.45) is 15.7. The topological polar surface area (TPSA) is 187 Å². The van der Waals surface area contributed by atoms with Crippen molar-refractivity contribution in [1.29, 1.82) is 0 Å². The fourth-order valence-corrected chi connectivity index (χ4v) is 10.7. The van der Waals surface area contributed by atoms with Crippen LogP contribution in [0.25, 0.3) is 0 Å². The first-order valence-corrected chi connectivity index (χ1v) is 25.9. The molecule has 5 heterocycles. The largest absolute Gasteiger partial charge is 0.508 e. The summed E-state index contributed by atoms with van der Waals surface area (Å²) in [6, 6.07) is 1.67. The maximum atomic E-state index is 14.5. The maximum absolute atomic E-state index is 14.5. The van der Waals surface area contributed by atoms with Crippen molar-refractivity contribution in [1.82, 2.24) is 14.7 Å². The number of aliphatic hydroxyl groups excluding tert-OH is 2. The second-order valence-corrected chi connectivity index (χ2v) is 21.6. The van der Waals surface area contributed by atoms with Crippen molar-refractivity contribution in [3.63, 3.8) is 0 Å². The lowest BCUT2D eigenvalue weighted by Crippen LogP contribution is -2.49. The molecular weight excluding hydrogens is 903 g/mol. The number of likely N-dealkylation sites (tertiary alicyclic amines) is 1. The molecule has 5 aliphatic heterocycles.